The molecule has 3 amide bonds. The largest absolute Gasteiger partial charge is 0.463 e. The molecule has 1 saturated carbocycles. The first kappa shape index (κ1) is 14.6. The van der Waals surface area contributed by atoms with Crippen molar-refractivity contribution in [1.29, 1.82) is 0 Å². The molecule has 0 bridgehead atoms. The van der Waals surface area contributed by atoms with Crippen LogP contribution >= 0.6 is 0 Å². The van der Waals surface area contributed by atoms with Gasteiger partial charge in [-0.3, -0.25) is 10.1 Å². The van der Waals surface area contributed by atoms with Gasteiger partial charge in [0.1, 0.15) is 6.04 Å². The number of rotatable bonds is 5. The molecule has 1 fully saturated rings. The molecule has 6 nitrogen and oxygen atoms in total. The number of carbonyl (C=O) groups excluding carboxylic acids is 2. The molecule has 1 atom stereocenters. The first-order chi connectivity index (χ1) is 9.65. The summed E-state index contributed by atoms with van der Waals surface area (Å²) in [6.45, 7) is 2.14. The van der Waals surface area contributed by atoms with E-state index in [1.165, 1.54) is 0 Å². The average Bonchev–Trinajstić information content (AvgIpc) is 3.08. The highest BCUT2D eigenvalue weighted by Crippen LogP contribution is 2.17. The van der Waals surface area contributed by atoms with Crippen molar-refractivity contribution in [2.75, 3.05) is 6.54 Å². The topological polar surface area (TPSA) is 88.0 Å². The lowest BCUT2D eigenvalue weighted by Crippen LogP contribution is -2.87. The highest BCUT2D eigenvalue weighted by Gasteiger charge is 2.19. The number of nitrogens with two attached hydrogens (primary N) is 1. The molecule has 110 valence electrons. The average molecular weight is 280 g/mol. The van der Waals surface area contributed by atoms with Crippen LogP contribution in [0.25, 0.3) is 0 Å². The van der Waals surface area contributed by atoms with Gasteiger partial charge in [-0.2, -0.15) is 0 Å². The number of furan rings is 1. The Hall–Kier alpha value is -1.82. The van der Waals surface area contributed by atoms with Gasteiger partial charge in [-0.05, 0) is 31.9 Å². The third-order valence-corrected chi connectivity index (χ3v) is 3.59. The first-order valence-corrected chi connectivity index (χ1v) is 7.12. The van der Waals surface area contributed by atoms with Gasteiger partial charge >= 0.3 is 6.03 Å². The minimum atomic E-state index is -0.388. The standard InChI is InChI=1S/C14H21N3O3/c1-10(12-7-4-8-20-12)15-9-13(18)17-14(19)16-11-5-2-3-6-11/h4,7-8,10-11,15H,2-3,5-6,9H2,1H3,(H2,16,17,18,19)/p+1/t10-/m0/s1. The number of quaternary nitrogens is 1. The highest BCUT2D eigenvalue weighted by atomic mass is 16.3. The predicted octanol–water partition coefficient (Wildman–Crippen LogP) is 0.672. The molecule has 1 aliphatic rings. The predicted molar refractivity (Wildman–Crippen MR) is 72.8 cm³/mol. The van der Waals surface area contributed by atoms with Crippen molar-refractivity contribution >= 4 is 11.9 Å². The summed E-state index contributed by atoms with van der Waals surface area (Å²) in [7, 11) is 0. The number of urea groups is 1. The molecule has 1 aromatic heterocycles. The number of amides is 3. The number of carbonyl (C=O) groups is 2. The maximum absolute atomic E-state index is 11.7. The van der Waals surface area contributed by atoms with E-state index in [9.17, 15) is 9.59 Å². The molecule has 0 aliphatic heterocycles. The molecule has 1 aliphatic carbocycles. The lowest BCUT2D eigenvalue weighted by molar-refractivity contribution is -0.684. The third-order valence-electron chi connectivity index (χ3n) is 3.59. The zero-order chi connectivity index (χ0) is 14.4. The number of nitrogens with one attached hydrogen (secondary N) is 2. The molecule has 0 unspecified atom stereocenters. The monoisotopic (exact) mass is 280 g/mol. The lowest BCUT2D eigenvalue weighted by atomic mass is 10.2. The fourth-order valence-electron chi connectivity index (χ4n) is 2.42. The summed E-state index contributed by atoms with van der Waals surface area (Å²) in [6, 6.07) is 3.56. The second kappa shape index (κ2) is 7.09. The van der Waals surface area contributed by atoms with Gasteiger partial charge in [-0.25, -0.2) is 4.79 Å². The van der Waals surface area contributed by atoms with E-state index in [1.807, 2.05) is 24.4 Å². The first-order valence-electron chi connectivity index (χ1n) is 7.12. The second-order valence-electron chi connectivity index (χ2n) is 5.25. The highest BCUT2D eigenvalue weighted by molar-refractivity contribution is 5.94. The van der Waals surface area contributed by atoms with Crippen molar-refractivity contribution in [3.05, 3.63) is 24.2 Å². The van der Waals surface area contributed by atoms with E-state index in [0.717, 1.165) is 31.4 Å². The van der Waals surface area contributed by atoms with Crippen LogP contribution in [-0.2, 0) is 4.79 Å². The Labute approximate surface area is 118 Å². The van der Waals surface area contributed by atoms with Crippen molar-refractivity contribution < 1.29 is 19.3 Å². The van der Waals surface area contributed by atoms with Crippen LogP contribution in [0.4, 0.5) is 4.79 Å². The van der Waals surface area contributed by atoms with Crippen molar-refractivity contribution in [3.63, 3.8) is 0 Å². The van der Waals surface area contributed by atoms with Crippen molar-refractivity contribution in [3.8, 4) is 0 Å². The molecule has 1 heterocycles. The van der Waals surface area contributed by atoms with Crippen molar-refractivity contribution in [1.82, 2.24) is 10.6 Å². The van der Waals surface area contributed by atoms with Crippen LogP contribution in [0.3, 0.4) is 0 Å². The molecule has 20 heavy (non-hydrogen) atoms. The summed E-state index contributed by atoms with van der Waals surface area (Å²) in [4.78, 5) is 23.3. The van der Waals surface area contributed by atoms with Crippen LogP contribution < -0.4 is 16.0 Å². The van der Waals surface area contributed by atoms with Crippen LogP contribution in [0.15, 0.2) is 22.8 Å². The number of hydrogen-bond acceptors (Lipinski definition) is 3. The Balaban J connectivity index is 1.65. The smallest absolute Gasteiger partial charge is 0.321 e. The molecule has 0 aromatic carbocycles. The summed E-state index contributed by atoms with van der Waals surface area (Å²) < 4.78 is 5.26. The molecule has 0 radical (unpaired) electrons. The summed E-state index contributed by atoms with van der Waals surface area (Å²) >= 11 is 0. The quantitative estimate of drug-likeness (QED) is 0.741. The molecular formula is C14H22N3O3+. The van der Waals surface area contributed by atoms with E-state index in [1.54, 1.807) is 6.26 Å². The Morgan fingerprint density at radius 2 is 2.20 bits per heavy atom. The Morgan fingerprint density at radius 1 is 1.45 bits per heavy atom. The van der Waals surface area contributed by atoms with Gasteiger partial charge in [-0.15, -0.1) is 0 Å². The van der Waals surface area contributed by atoms with Gasteiger partial charge in [0.05, 0.1) is 6.26 Å². The Kier molecular flexibility index (Phi) is 5.17. The molecule has 2 rings (SSSR count). The number of hydrogen-bond donors (Lipinski definition) is 3. The minimum absolute atomic E-state index is 0.0497. The third kappa shape index (κ3) is 4.38. The van der Waals surface area contributed by atoms with Crippen molar-refractivity contribution in [2.45, 2.75) is 44.7 Å². The zero-order valence-electron chi connectivity index (χ0n) is 11.7. The molecule has 1 aromatic rings. The van der Waals surface area contributed by atoms with E-state index in [2.05, 4.69) is 10.6 Å². The summed E-state index contributed by atoms with van der Waals surface area (Å²) in [5.74, 6) is 0.520. The van der Waals surface area contributed by atoms with Crippen LogP contribution in [0.2, 0.25) is 0 Å². The summed E-state index contributed by atoms with van der Waals surface area (Å²) in [5, 5.41) is 7.01. The minimum Gasteiger partial charge on any atom is -0.463 e. The molecule has 6 heteroatoms. The lowest BCUT2D eigenvalue weighted by Gasteiger charge is -2.12. The van der Waals surface area contributed by atoms with Gasteiger partial charge in [0.15, 0.2) is 12.3 Å². The SMILES string of the molecule is C[C@H]([NH2+]CC(=O)NC(=O)NC1CCCC1)c1ccco1. The van der Waals surface area contributed by atoms with Crippen LogP contribution in [-0.4, -0.2) is 24.5 Å². The summed E-state index contributed by atoms with van der Waals surface area (Å²) in [6.07, 6.45) is 5.90. The maximum atomic E-state index is 11.7. The van der Waals surface area contributed by atoms with Gasteiger partial charge in [0, 0.05) is 6.04 Å². The molecular weight excluding hydrogens is 258 g/mol. The fraction of sp³-hybridized carbons (Fsp3) is 0.571. The van der Waals surface area contributed by atoms with E-state index < -0.39 is 0 Å². The maximum Gasteiger partial charge on any atom is 0.321 e. The molecule has 4 N–H and O–H groups in total. The van der Waals surface area contributed by atoms with E-state index >= 15 is 0 Å². The van der Waals surface area contributed by atoms with Crippen LogP contribution in [0, 0.1) is 0 Å². The van der Waals surface area contributed by atoms with Crippen LogP contribution in [0.5, 0.6) is 0 Å². The van der Waals surface area contributed by atoms with Crippen molar-refractivity contribution in [2.24, 2.45) is 0 Å². The van der Waals surface area contributed by atoms with Gasteiger partial charge < -0.3 is 15.1 Å². The van der Waals surface area contributed by atoms with Gasteiger partial charge in [0.2, 0.25) is 0 Å². The van der Waals surface area contributed by atoms with Gasteiger partial charge in [0.25, 0.3) is 5.91 Å². The fourth-order valence-corrected chi connectivity index (χ4v) is 2.42. The van der Waals surface area contributed by atoms with Crippen LogP contribution in [0.1, 0.15) is 44.4 Å². The Morgan fingerprint density at radius 3 is 2.85 bits per heavy atom. The van der Waals surface area contributed by atoms with Gasteiger partial charge in [-0.1, -0.05) is 12.8 Å². The normalized spacial score (nSPS) is 16.9. The molecule has 0 saturated heterocycles. The number of imide groups is 1. The van der Waals surface area contributed by atoms with E-state index in [0.29, 0.717) is 0 Å². The zero-order valence-corrected chi connectivity index (χ0v) is 11.7. The summed E-state index contributed by atoms with van der Waals surface area (Å²) in [5.41, 5.74) is 0. The Bertz CT molecular complexity index is 439. The van der Waals surface area contributed by atoms with E-state index in [-0.39, 0.29) is 30.6 Å². The molecule has 0 spiro atoms. The van der Waals surface area contributed by atoms with E-state index in [4.69, 9.17) is 4.42 Å². The second-order valence-corrected chi connectivity index (χ2v) is 5.25.